The predicted molar refractivity (Wildman–Crippen MR) is 91.9 cm³/mol. The molecule has 1 unspecified atom stereocenters. The Morgan fingerprint density at radius 3 is 3.00 bits per heavy atom. The maximum Gasteiger partial charge on any atom is 0.317 e. The lowest BCUT2D eigenvalue weighted by Gasteiger charge is -2.30. The normalized spacial score (nSPS) is 17.5. The van der Waals surface area contributed by atoms with E-state index in [0.717, 1.165) is 24.9 Å². The summed E-state index contributed by atoms with van der Waals surface area (Å²) in [5.74, 6) is 1.16. The number of aromatic nitrogens is 2. The van der Waals surface area contributed by atoms with E-state index in [2.05, 4.69) is 22.0 Å². The van der Waals surface area contributed by atoms with Crippen molar-refractivity contribution in [2.24, 2.45) is 0 Å². The van der Waals surface area contributed by atoms with Crippen molar-refractivity contribution in [2.45, 2.75) is 18.8 Å². The fraction of sp³-hybridized carbons (Fsp3) is 0.353. The molecule has 1 aromatic heterocycles. The van der Waals surface area contributed by atoms with Crippen LogP contribution in [0.1, 0.15) is 24.7 Å². The van der Waals surface area contributed by atoms with Crippen LogP contribution in [-0.2, 0) is 0 Å². The van der Waals surface area contributed by atoms with Gasteiger partial charge in [0, 0.05) is 30.2 Å². The van der Waals surface area contributed by atoms with Gasteiger partial charge in [0.15, 0.2) is 0 Å². The standard InChI is InChI=1S/C17H19ClN4O2/c1-2-9-19-17(23)22-10-3-4-13(11-22)16-20-15(21-24-16)12-5-7-14(18)8-6-12/h2,5-8,13H,1,3-4,9-11H2,(H,19,23). The fourth-order valence-corrected chi connectivity index (χ4v) is 2.88. The van der Waals surface area contributed by atoms with Crippen LogP contribution < -0.4 is 5.32 Å². The molecule has 0 radical (unpaired) electrons. The summed E-state index contributed by atoms with van der Waals surface area (Å²) >= 11 is 5.89. The van der Waals surface area contributed by atoms with E-state index in [4.69, 9.17) is 16.1 Å². The van der Waals surface area contributed by atoms with Crippen molar-refractivity contribution in [1.29, 1.82) is 0 Å². The highest BCUT2D eigenvalue weighted by Crippen LogP contribution is 2.28. The van der Waals surface area contributed by atoms with Crippen molar-refractivity contribution in [3.05, 3.63) is 47.8 Å². The number of piperidine rings is 1. The zero-order chi connectivity index (χ0) is 16.9. The number of hydrogen-bond acceptors (Lipinski definition) is 4. The van der Waals surface area contributed by atoms with Gasteiger partial charge >= 0.3 is 6.03 Å². The van der Waals surface area contributed by atoms with Gasteiger partial charge in [0.2, 0.25) is 11.7 Å². The quantitative estimate of drug-likeness (QED) is 0.860. The molecule has 2 aromatic rings. The number of hydrogen-bond donors (Lipinski definition) is 1. The van der Waals surface area contributed by atoms with Gasteiger partial charge < -0.3 is 14.7 Å². The second-order valence-electron chi connectivity index (χ2n) is 5.72. The van der Waals surface area contributed by atoms with Crippen molar-refractivity contribution in [2.75, 3.05) is 19.6 Å². The first-order valence-electron chi connectivity index (χ1n) is 7.90. The molecule has 1 aliphatic heterocycles. The molecular weight excluding hydrogens is 328 g/mol. The molecule has 7 heteroatoms. The summed E-state index contributed by atoms with van der Waals surface area (Å²) in [4.78, 5) is 18.4. The summed E-state index contributed by atoms with van der Waals surface area (Å²) in [6.45, 7) is 5.37. The van der Waals surface area contributed by atoms with Crippen molar-refractivity contribution in [3.63, 3.8) is 0 Å². The van der Waals surface area contributed by atoms with Gasteiger partial charge in [0.05, 0.1) is 5.92 Å². The van der Waals surface area contributed by atoms with E-state index in [1.807, 2.05) is 12.1 Å². The number of rotatable bonds is 4. The molecule has 0 bridgehead atoms. The zero-order valence-electron chi connectivity index (χ0n) is 13.2. The average Bonchev–Trinajstić information content (AvgIpc) is 3.10. The Balaban J connectivity index is 1.69. The molecular formula is C17H19ClN4O2. The number of benzene rings is 1. The van der Waals surface area contributed by atoms with E-state index in [-0.39, 0.29) is 11.9 Å². The lowest BCUT2D eigenvalue weighted by molar-refractivity contribution is 0.173. The SMILES string of the molecule is C=CCNC(=O)N1CCCC(c2nc(-c3ccc(Cl)cc3)no2)C1. The van der Waals surface area contributed by atoms with E-state index in [1.54, 1.807) is 23.1 Å². The third-order valence-corrected chi connectivity index (χ3v) is 4.25. The van der Waals surface area contributed by atoms with Crippen LogP contribution >= 0.6 is 11.6 Å². The summed E-state index contributed by atoms with van der Waals surface area (Å²) in [5, 5.41) is 7.51. The molecule has 2 heterocycles. The van der Waals surface area contributed by atoms with Gasteiger partial charge in [-0.2, -0.15) is 4.98 Å². The second kappa shape index (κ2) is 7.49. The molecule has 3 rings (SSSR count). The van der Waals surface area contributed by atoms with Gasteiger partial charge in [0.25, 0.3) is 0 Å². The smallest absolute Gasteiger partial charge is 0.317 e. The number of likely N-dealkylation sites (tertiary alicyclic amines) is 1. The average molecular weight is 347 g/mol. The molecule has 1 saturated heterocycles. The van der Waals surface area contributed by atoms with Crippen LogP contribution in [0.4, 0.5) is 4.79 Å². The minimum atomic E-state index is -0.0861. The van der Waals surface area contributed by atoms with E-state index in [1.165, 1.54) is 0 Å². The van der Waals surface area contributed by atoms with Gasteiger partial charge in [-0.15, -0.1) is 6.58 Å². The number of carbonyl (C=O) groups is 1. The lowest BCUT2D eigenvalue weighted by atomic mass is 9.98. The molecule has 126 valence electrons. The van der Waals surface area contributed by atoms with Crippen molar-refractivity contribution < 1.29 is 9.32 Å². The van der Waals surface area contributed by atoms with Crippen LogP contribution in [0.25, 0.3) is 11.4 Å². The molecule has 2 amide bonds. The highest BCUT2D eigenvalue weighted by molar-refractivity contribution is 6.30. The topological polar surface area (TPSA) is 71.3 Å². The number of amides is 2. The molecule has 1 aliphatic rings. The van der Waals surface area contributed by atoms with Crippen molar-refractivity contribution in [3.8, 4) is 11.4 Å². The highest BCUT2D eigenvalue weighted by Gasteiger charge is 2.28. The molecule has 1 N–H and O–H groups in total. The number of carbonyl (C=O) groups excluding carboxylic acids is 1. The van der Waals surface area contributed by atoms with Crippen LogP contribution in [0, 0.1) is 0 Å². The first kappa shape index (κ1) is 16.5. The molecule has 0 spiro atoms. The first-order valence-corrected chi connectivity index (χ1v) is 8.28. The number of urea groups is 1. The maximum absolute atomic E-state index is 12.1. The number of nitrogens with one attached hydrogen (secondary N) is 1. The molecule has 0 aliphatic carbocycles. The van der Waals surface area contributed by atoms with Crippen LogP contribution in [0.3, 0.4) is 0 Å². The summed E-state index contributed by atoms with van der Waals surface area (Å²) in [7, 11) is 0. The highest BCUT2D eigenvalue weighted by atomic mass is 35.5. The lowest BCUT2D eigenvalue weighted by Crippen LogP contribution is -2.45. The van der Waals surface area contributed by atoms with E-state index >= 15 is 0 Å². The van der Waals surface area contributed by atoms with Crippen molar-refractivity contribution >= 4 is 17.6 Å². The summed E-state index contributed by atoms with van der Waals surface area (Å²) in [6, 6.07) is 7.20. The van der Waals surface area contributed by atoms with E-state index < -0.39 is 0 Å². The second-order valence-corrected chi connectivity index (χ2v) is 6.16. The van der Waals surface area contributed by atoms with E-state index in [0.29, 0.717) is 29.8 Å². The Hall–Kier alpha value is -2.34. The maximum atomic E-state index is 12.1. The van der Waals surface area contributed by atoms with Crippen LogP contribution in [0.5, 0.6) is 0 Å². The minimum absolute atomic E-state index is 0.0572. The van der Waals surface area contributed by atoms with Gasteiger partial charge in [-0.05, 0) is 37.1 Å². The Bertz CT molecular complexity index is 714. The largest absolute Gasteiger partial charge is 0.339 e. The molecule has 0 saturated carbocycles. The molecule has 6 nitrogen and oxygen atoms in total. The van der Waals surface area contributed by atoms with Gasteiger partial charge in [-0.3, -0.25) is 0 Å². The van der Waals surface area contributed by atoms with Gasteiger partial charge in [0.1, 0.15) is 0 Å². The monoisotopic (exact) mass is 346 g/mol. The minimum Gasteiger partial charge on any atom is -0.339 e. The Labute approximate surface area is 145 Å². The number of halogens is 1. The fourth-order valence-electron chi connectivity index (χ4n) is 2.75. The van der Waals surface area contributed by atoms with Gasteiger partial charge in [-0.1, -0.05) is 22.8 Å². The van der Waals surface area contributed by atoms with Crippen molar-refractivity contribution in [1.82, 2.24) is 20.4 Å². The Morgan fingerprint density at radius 1 is 1.46 bits per heavy atom. The predicted octanol–water partition coefficient (Wildman–Crippen LogP) is 3.47. The Kier molecular flexibility index (Phi) is 5.15. The van der Waals surface area contributed by atoms with Crippen LogP contribution in [-0.4, -0.2) is 40.7 Å². The zero-order valence-corrected chi connectivity index (χ0v) is 14.0. The first-order chi connectivity index (χ1) is 11.7. The third-order valence-electron chi connectivity index (χ3n) is 4.00. The van der Waals surface area contributed by atoms with Gasteiger partial charge in [-0.25, -0.2) is 4.79 Å². The Morgan fingerprint density at radius 2 is 2.25 bits per heavy atom. The molecule has 1 aromatic carbocycles. The third kappa shape index (κ3) is 3.76. The summed E-state index contributed by atoms with van der Waals surface area (Å²) < 4.78 is 5.43. The van der Waals surface area contributed by atoms with E-state index in [9.17, 15) is 4.79 Å². The molecule has 1 fully saturated rings. The summed E-state index contributed by atoms with van der Waals surface area (Å²) in [5.41, 5.74) is 0.853. The number of nitrogens with zero attached hydrogens (tertiary/aromatic N) is 3. The van der Waals surface area contributed by atoms with Crippen LogP contribution in [0.15, 0.2) is 41.4 Å². The molecule has 1 atom stereocenters. The molecule has 24 heavy (non-hydrogen) atoms. The van der Waals surface area contributed by atoms with Crippen LogP contribution in [0.2, 0.25) is 5.02 Å². The summed E-state index contributed by atoms with van der Waals surface area (Å²) in [6.07, 6.45) is 3.49.